The van der Waals surface area contributed by atoms with Gasteiger partial charge in [-0.25, -0.2) is 0 Å². The average Bonchev–Trinajstić information content (AvgIpc) is 2.67. The van der Waals surface area contributed by atoms with E-state index in [0.717, 1.165) is 32.5 Å². The molecule has 1 unspecified atom stereocenters. The molecule has 2 aliphatic rings. The molecule has 2 aliphatic heterocycles. The molecule has 2 N–H and O–H groups in total. The van der Waals surface area contributed by atoms with E-state index in [1.54, 1.807) is 5.56 Å². The normalized spacial score (nSPS) is 23.2. The van der Waals surface area contributed by atoms with E-state index >= 15 is 0 Å². The first-order chi connectivity index (χ1) is 14.0. The van der Waals surface area contributed by atoms with Gasteiger partial charge in [0.15, 0.2) is 0 Å². The molecule has 0 aromatic heterocycles. The molecule has 1 atom stereocenters. The van der Waals surface area contributed by atoms with Gasteiger partial charge >= 0.3 is 0 Å². The van der Waals surface area contributed by atoms with Crippen LogP contribution in [0.3, 0.4) is 0 Å². The van der Waals surface area contributed by atoms with Gasteiger partial charge in [-0.15, -0.1) is 0 Å². The first kappa shape index (κ1) is 21.6. The summed E-state index contributed by atoms with van der Waals surface area (Å²) < 4.78 is 0. The molecule has 2 heteroatoms. The van der Waals surface area contributed by atoms with Crippen LogP contribution in [0.25, 0.3) is 0 Å². The van der Waals surface area contributed by atoms with Crippen LogP contribution in [0, 0.1) is 0 Å². The van der Waals surface area contributed by atoms with Crippen molar-refractivity contribution in [2.75, 3.05) is 13.1 Å². The van der Waals surface area contributed by atoms with Crippen molar-refractivity contribution < 1.29 is 0 Å². The van der Waals surface area contributed by atoms with Gasteiger partial charge in [0.1, 0.15) is 0 Å². The van der Waals surface area contributed by atoms with E-state index in [4.69, 9.17) is 0 Å². The molecule has 0 fully saturated rings. The van der Waals surface area contributed by atoms with Gasteiger partial charge in [-0.3, -0.25) is 0 Å². The maximum absolute atomic E-state index is 3.72. The van der Waals surface area contributed by atoms with E-state index in [2.05, 4.69) is 95.5 Å². The summed E-state index contributed by atoms with van der Waals surface area (Å²) in [5.41, 5.74) is 9.22. The lowest BCUT2D eigenvalue weighted by molar-refractivity contribution is 0.296. The van der Waals surface area contributed by atoms with E-state index in [-0.39, 0.29) is 16.4 Å². The Hall–Kier alpha value is -1.64. The molecule has 2 nitrogen and oxygen atoms in total. The van der Waals surface area contributed by atoms with Gasteiger partial charge in [-0.05, 0) is 77.9 Å². The maximum atomic E-state index is 3.72. The van der Waals surface area contributed by atoms with Crippen LogP contribution >= 0.6 is 0 Å². The summed E-state index contributed by atoms with van der Waals surface area (Å²) in [7, 11) is 0. The van der Waals surface area contributed by atoms with Crippen molar-refractivity contribution in [1.29, 1.82) is 0 Å². The van der Waals surface area contributed by atoms with E-state index in [9.17, 15) is 0 Å². The molecule has 0 saturated heterocycles. The molecule has 2 heterocycles. The zero-order valence-corrected chi connectivity index (χ0v) is 20.1. The predicted molar refractivity (Wildman–Crippen MR) is 128 cm³/mol. The highest BCUT2D eigenvalue weighted by Gasteiger charge is 2.39. The Kier molecular flexibility index (Phi) is 5.39. The lowest BCUT2D eigenvalue weighted by Gasteiger charge is -2.43. The highest BCUT2D eigenvalue weighted by molar-refractivity contribution is 5.44. The second-order valence-electron chi connectivity index (χ2n) is 11.5. The Labute approximate surface area is 183 Å². The Balaban J connectivity index is 1.68. The van der Waals surface area contributed by atoms with Crippen LogP contribution < -0.4 is 10.6 Å². The average molecular weight is 405 g/mol. The molecule has 0 bridgehead atoms. The maximum Gasteiger partial charge on any atom is 0.0380 e. The first-order valence-corrected chi connectivity index (χ1v) is 11.7. The van der Waals surface area contributed by atoms with Crippen LogP contribution in [0.1, 0.15) is 94.2 Å². The molecule has 0 aliphatic carbocycles. The summed E-state index contributed by atoms with van der Waals surface area (Å²) in [5.74, 6) is 0.576. The monoisotopic (exact) mass is 404 g/mol. The van der Waals surface area contributed by atoms with Crippen LogP contribution in [-0.4, -0.2) is 13.1 Å². The molecule has 2 aromatic rings. The van der Waals surface area contributed by atoms with Gasteiger partial charge in [0.2, 0.25) is 0 Å². The summed E-state index contributed by atoms with van der Waals surface area (Å²) >= 11 is 0. The third-order valence-corrected chi connectivity index (χ3v) is 7.63. The molecule has 2 aromatic carbocycles. The van der Waals surface area contributed by atoms with Gasteiger partial charge in [0.25, 0.3) is 0 Å². The number of rotatable bonds is 4. The number of hydrogen-bond acceptors (Lipinski definition) is 2. The zero-order valence-electron chi connectivity index (χ0n) is 20.1. The largest absolute Gasteiger partial charge is 0.312 e. The van der Waals surface area contributed by atoms with Gasteiger partial charge < -0.3 is 10.6 Å². The fraction of sp³-hybridized carbons (Fsp3) is 0.571. The molecule has 0 spiro atoms. The van der Waals surface area contributed by atoms with Gasteiger partial charge in [0.05, 0.1) is 0 Å². The molecule has 4 rings (SSSR count). The standard InChI is InChI=1S/C28H40N2/c1-19(2)21-9-11-24-22(14-21)16-29-18-28(24,7)17-26(3,4)23-10-8-20-12-13-30-27(5,6)25(20)15-23/h8-11,14-15,19,29-30H,12-13,16-18H2,1-7H3. The smallest absolute Gasteiger partial charge is 0.0380 e. The summed E-state index contributed by atoms with van der Waals surface area (Å²) in [5, 5.41) is 7.42. The highest BCUT2D eigenvalue weighted by Crippen LogP contribution is 2.43. The Morgan fingerprint density at radius 1 is 0.967 bits per heavy atom. The van der Waals surface area contributed by atoms with Crippen molar-refractivity contribution in [2.45, 2.75) is 90.1 Å². The first-order valence-electron chi connectivity index (χ1n) is 11.7. The van der Waals surface area contributed by atoms with Crippen molar-refractivity contribution in [2.24, 2.45) is 0 Å². The Morgan fingerprint density at radius 2 is 1.73 bits per heavy atom. The van der Waals surface area contributed by atoms with Crippen molar-refractivity contribution in [3.05, 3.63) is 69.8 Å². The van der Waals surface area contributed by atoms with Crippen LogP contribution in [0.15, 0.2) is 36.4 Å². The third kappa shape index (κ3) is 3.85. The molecule has 0 amide bonds. The van der Waals surface area contributed by atoms with Gasteiger partial charge in [0, 0.05) is 24.0 Å². The van der Waals surface area contributed by atoms with E-state index < -0.39 is 0 Å². The molecular weight excluding hydrogens is 364 g/mol. The fourth-order valence-corrected chi connectivity index (χ4v) is 5.91. The summed E-state index contributed by atoms with van der Waals surface area (Å²) in [6.07, 6.45) is 2.26. The van der Waals surface area contributed by atoms with E-state index in [0.29, 0.717) is 5.92 Å². The van der Waals surface area contributed by atoms with E-state index in [1.807, 2.05) is 0 Å². The molecular formula is C28H40N2. The molecule has 30 heavy (non-hydrogen) atoms. The number of nitrogens with one attached hydrogen (secondary N) is 2. The quantitative estimate of drug-likeness (QED) is 0.661. The minimum absolute atomic E-state index is 0.0514. The molecule has 0 saturated carbocycles. The summed E-state index contributed by atoms with van der Waals surface area (Å²) in [6, 6.07) is 14.5. The van der Waals surface area contributed by atoms with Crippen molar-refractivity contribution >= 4 is 0 Å². The predicted octanol–water partition coefficient (Wildman–Crippen LogP) is 5.92. The fourth-order valence-electron chi connectivity index (χ4n) is 5.91. The number of benzene rings is 2. The summed E-state index contributed by atoms with van der Waals surface area (Å²) in [4.78, 5) is 0. The van der Waals surface area contributed by atoms with Crippen molar-refractivity contribution in [3.63, 3.8) is 0 Å². The third-order valence-electron chi connectivity index (χ3n) is 7.63. The minimum atomic E-state index is 0.0514. The molecule has 162 valence electrons. The van der Waals surface area contributed by atoms with Crippen LogP contribution in [0.5, 0.6) is 0 Å². The van der Waals surface area contributed by atoms with Crippen molar-refractivity contribution in [3.8, 4) is 0 Å². The zero-order chi connectivity index (χ0) is 21.7. The van der Waals surface area contributed by atoms with Gasteiger partial charge in [-0.2, -0.15) is 0 Å². The topological polar surface area (TPSA) is 24.1 Å². The second kappa shape index (κ2) is 7.50. The lowest BCUT2D eigenvalue weighted by Crippen LogP contribution is -2.45. The van der Waals surface area contributed by atoms with Crippen molar-refractivity contribution in [1.82, 2.24) is 10.6 Å². The van der Waals surface area contributed by atoms with Crippen LogP contribution in [0.4, 0.5) is 0 Å². The highest BCUT2D eigenvalue weighted by atomic mass is 15.0. The van der Waals surface area contributed by atoms with Gasteiger partial charge in [-0.1, -0.05) is 71.0 Å². The summed E-state index contributed by atoms with van der Waals surface area (Å²) in [6.45, 7) is 19.6. The van der Waals surface area contributed by atoms with Crippen LogP contribution in [0.2, 0.25) is 0 Å². The lowest BCUT2D eigenvalue weighted by atomic mass is 9.65. The SMILES string of the molecule is CC(C)c1ccc2c(c1)CNCC2(C)CC(C)(C)c1ccc2c(c1)C(C)(C)NCC2. The van der Waals surface area contributed by atoms with Crippen LogP contribution in [-0.2, 0) is 29.3 Å². The second-order valence-corrected chi connectivity index (χ2v) is 11.5. The Bertz CT molecular complexity index is 938. The molecule has 0 radical (unpaired) electrons. The number of hydrogen-bond donors (Lipinski definition) is 2. The minimum Gasteiger partial charge on any atom is -0.312 e. The number of fused-ring (bicyclic) bond motifs is 2. The Morgan fingerprint density at radius 3 is 2.47 bits per heavy atom. The van der Waals surface area contributed by atoms with E-state index in [1.165, 1.54) is 27.8 Å².